The topological polar surface area (TPSA) is 28.2 Å². The van der Waals surface area contributed by atoms with E-state index >= 15 is 0 Å². The molecule has 0 radical (unpaired) electrons. The smallest absolute Gasteiger partial charge is 0.174 e. The third-order valence-electron chi connectivity index (χ3n) is 2.01. The normalized spacial score (nSPS) is 16.9. The predicted octanol–water partition coefficient (Wildman–Crippen LogP) is 1.17. The third kappa shape index (κ3) is 1.78. The monoisotopic (exact) mass is 193 g/mol. The standard InChI is InChI=1S/C9H11N3S/c13-9-11-6-3-7-12(9)8-4-1-2-5-10-8/h1-2,4-5H,3,6-7H2,(H,11,13). The number of aromatic nitrogens is 1. The molecule has 2 heterocycles. The first-order chi connectivity index (χ1) is 6.38. The summed E-state index contributed by atoms with van der Waals surface area (Å²) < 4.78 is 0. The maximum atomic E-state index is 5.18. The van der Waals surface area contributed by atoms with Crippen LogP contribution in [0.25, 0.3) is 0 Å². The van der Waals surface area contributed by atoms with Crippen LogP contribution in [0.1, 0.15) is 6.42 Å². The summed E-state index contributed by atoms with van der Waals surface area (Å²) in [6.07, 6.45) is 2.89. The van der Waals surface area contributed by atoms with Crippen LogP contribution in [0.15, 0.2) is 24.4 Å². The quantitative estimate of drug-likeness (QED) is 0.678. The van der Waals surface area contributed by atoms with Crippen molar-refractivity contribution in [3.05, 3.63) is 24.4 Å². The van der Waals surface area contributed by atoms with Crippen molar-refractivity contribution < 1.29 is 0 Å². The van der Waals surface area contributed by atoms with Crippen molar-refractivity contribution in [2.75, 3.05) is 18.0 Å². The summed E-state index contributed by atoms with van der Waals surface area (Å²) in [7, 11) is 0. The van der Waals surface area contributed by atoms with Crippen molar-refractivity contribution in [3.63, 3.8) is 0 Å². The highest BCUT2D eigenvalue weighted by Gasteiger charge is 2.15. The van der Waals surface area contributed by atoms with Crippen LogP contribution >= 0.6 is 12.2 Å². The Labute approximate surface area is 82.8 Å². The van der Waals surface area contributed by atoms with Gasteiger partial charge in [0, 0.05) is 19.3 Å². The van der Waals surface area contributed by atoms with E-state index < -0.39 is 0 Å². The molecule has 1 aliphatic rings. The Morgan fingerprint density at radius 1 is 1.46 bits per heavy atom. The van der Waals surface area contributed by atoms with Crippen LogP contribution in [0.5, 0.6) is 0 Å². The summed E-state index contributed by atoms with van der Waals surface area (Å²) in [5, 5.41) is 3.93. The maximum absolute atomic E-state index is 5.18. The summed E-state index contributed by atoms with van der Waals surface area (Å²) in [6.45, 7) is 1.94. The first-order valence-electron chi connectivity index (χ1n) is 4.34. The van der Waals surface area contributed by atoms with Crippen molar-refractivity contribution in [2.45, 2.75) is 6.42 Å². The number of anilines is 1. The lowest BCUT2D eigenvalue weighted by molar-refractivity contribution is 0.718. The van der Waals surface area contributed by atoms with Gasteiger partial charge in [-0.15, -0.1) is 0 Å². The number of rotatable bonds is 1. The summed E-state index contributed by atoms with van der Waals surface area (Å²) in [6, 6.07) is 5.85. The van der Waals surface area contributed by atoms with Crippen molar-refractivity contribution in [2.24, 2.45) is 0 Å². The molecule has 1 aromatic heterocycles. The van der Waals surface area contributed by atoms with Gasteiger partial charge in [0.05, 0.1) is 0 Å². The minimum Gasteiger partial charge on any atom is -0.362 e. The van der Waals surface area contributed by atoms with E-state index in [1.165, 1.54) is 0 Å². The van der Waals surface area contributed by atoms with Crippen LogP contribution in [0, 0.1) is 0 Å². The maximum Gasteiger partial charge on any atom is 0.174 e. The molecule has 68 valence electrons. The molecule has 1 aliphatic heterocycles. The number of hydrogen-bond donors (Lipinski definition) is 1. The molecule has 0 aliphatic carbocycles. The van der Waals surface area contributed by atoms with Gasteiger partial charge in [-0.05, 0) is 30.8 Å². The van der Waals surface area contributed by atoms with Crippen LogP contribution in [0.4, 0.5) is 5.82 Å². The molecular weight excluding hydrogens is 182 g/mol. The highest BCUT2D eigenvalue weighted by Crippen LogP contribution is 2.11. The molecule has 0 spiro atoms. The molecule has 2 rings (SSSR count). The average Bonchev–Trinajstić information content (AvgIpc) is 2.20. The van der Waals surface area contributed by atoms with Gasteiger partial charge in [0.1, 0.15) is 5.82 Å². The van der Waals surface area contributed by atoms with Gasteiger partial charge in [-0.3, -0.25) is 0 Å². The second kappa shape index (κ2) is 3.70. The van der Waals surface area contributed by atoms with Crippen LogP contribution in [0.2, 0.25) is 0 Å². The van der Waals surface area contributed by atoms with Gasteiger partial charge in [-0.2, -0.15) is 0 Å². The summed E-state index contributed by atoms with van der Waals surface area (Å²) in [4.78, 5) is 6.28. The molecule has 4 heteroatoms. The first-order valence-corrected chi connectivity index (χ1v) is 4.75. The van der Waals surface area contributed by atoms with E-state index in [1.807, 2.05) is 23.1 Å². The number of hydrogen-bond acceptors (Lipinski definition) is 2. The minimum atomic E-state index is 0.782. The largest absolute Gasteiger partial charge is 0.362 e. The van der Waals surface area contributed by atoms with Crippen LogP contribution in [-0.4, -0.2) is 23.2 Å². The fraction of sp³-hybridized carbons (Fsp3) is 0.333. The Morgan fingerprint density at radius 3 is 3.08 bits per heavy atom. The number of nitrogens with zero attached hydrogens (tertiary/aromatic N) is 2. The summed E-state index contributed by atoms with van der Waals surface area (Å²) in [5.74, 6) is 0.930. The molecule has 3 nitrogen and oxygen atoms in total. The lowest BCUT2D eigenvalue weighted by atomic mass is 10.3. The molecule has 0 bridgehead atoms. The van der Waals surface area contributed by atoms with E-state index in [2.05, 4.69) is 10.3 Å². The zero-order valence-corrected chi connectivity index (χ0v) is 8.05. The molecule has 0 amide bonds. The van der Waals surface area contributed by atoms with E-state index in [4.69, 9.17) is 12.2 Å². The first kappa shape index (κ1) is 8.44. The lowest BCUT2D eigenvalue weighted by Crippen LogP contribution is -2.46. The number of nitrogens with one attached hydrogen (secondary N) is 1. The molecule has 0 saturated carbocycles. The van der Waals surface area contributed by atoms with Crippen molar-refractivity contribution in [1.29, 1.82) is 0 Å². The summed E-state index contributed by atoms with van der Waals surface area (Å²) in [5.41, 5.74) is 0. The molecule has 0 aromatic carbocycles. The SMILES string of the molecule is S=C1NCCCN1c1ccccn1. The fourth-order valence-corrected chi connectivity index (χ4v) is 1.65. The van der Waals surface area contributed by atoms with E-state index in [0.29, 0.717) is 0 Å². The van der Waals surface area contributed by atoms with E-state index in [9.17, 15) is 0 Å². The molecule has 13 heavy (non-hydrogen) atoms. The molecule has 0 unspecified atom stereocenters. The van der Waals surface area contributed by atoms with Gasteiger partial charge in [-0.25, -0.2) is 4.98 Å². The Morgan fingerprint density at radius 2 is 2.38 bits per heavy atom. The van der Waals surface area contributed by atoms with E-state index in [-0.39, 0.29) is 0 Å². The zero-order chi connectivity index (χ0) is 9.10. The fourth-order valence-electron chi connectivity index (χ4n) is 1.36. The Balaban J connectivity index is 2.20. The highest BCUT2D eigenvalue weighted by molar-refractivity contribution is 7.80. The molecular formula is C9H11N3S. The van der Waals surface area contributed by atoms with Gasteiger partial charge in [0.2, 0.25) is 0 Å². The zero-order valence-electron chi connectivity index (χ0n) is 7.23. The second-order valence-corrected chi connectivity index (χ2v) is 3.31. The minimum absolute atomic E-state index is 0.782. The lowest BCUT2D eigenvalue weighted by Gasteiger charge is -2.29. The predicted molar refractivity (Wildman–Crippen MR) is 56.8 cm³/mol. The number of thiocarbonyl (C=S) groups is 1. The van der Waals surface area contributed by atoms with E-state index in [1.54, 1.807) is 6.20 Å². The van der Waals surface area contributed by atoms with Crippen molar-refractivity contribution in [3.8, 4) is 0 Å². The molecule has 0 atom stereocenters. The Kier molecular flexibility index (Phi) is 2.40. The molecule has 1 saturated heterocycles. The van der Waals surface area contributed by atoms with Crippen LogP contribution in [-0.2, 0) is 0 Å². The van der Waals surface area contributed by atoms with Gasteiger partial charge in [-0.1, -0.05) is 6.07 Å². The average molecular weight is 193 g/mol. The molecule has 1 fully saturated rings. The van der Waals surface area contributed by atoms with Gasteiger partial charge in [0.15, 0.2) is 5.11 Å². The Bertz CT molecular complexity index is 299. The van der Waals surface area contributed by atoms with Gasteiger partial charge >= 0.3 is 0 Å². The van der Waals surface area contributed by atoms with Crippen LogP contribution in [0.3, 0.4) is 0 Å². The summed E-state index contributed by atoms with van der Waals surface area (Å²) >= 11 is 5.18. The number of pyridine rings is 1. The third-order valence-corrected chi connectivity index (χ3v) is 2.37. The molecule has 1 aromatic rings. The van der Waals surface area contributed by atoms with Gasteiger partial charge in [0.25, 0.3) is 0 Å². The van der Waals surface area contributed by atoms with E-state index in [0.717, 1.165) is 30.4 Å². The van der Waals surface area contributed by atoms with Gasteiger partial charge < -0.3 is 10.2 Å². The Hall–Kier alpha value is -1.16. The molecule has 1 N–H and O–H groups in total. The van der Waals surface area contributed by atoms with Crippen LogP contribution < -0.4 is 10.2 Å². The van der Waals surface area contributed by atoms with Crippen molar-refractivity contribution in [1.82, 2.24) is 10.3 Å². The second-order valence-electron chi connectivity index (χ2n) is 2.93. The highest BCUT2D eigenvalue weighted by atomic mass is 32.1. The van der Waals surface area contributed by atoms with Crippen molar-refractivity contribution >= 4 is 23.1 Å².